The molecule has 0 aliphatic heterocycles. The van der Waals surface area contributed by atoms with Crippen LogP contribution in [0, 0.1) is 0 Å². The van der Waals surface area contributed by atoms with Gasteiger partial charge in [-0.3, -0.25) is 4.99 Å². The first-order valence-corrected chi connectivity index (χ1v) is 4.49. The van der Waals surface area contributed by atoms with E-state index in [1.54, 1.807) is 6.21 Å². The highest BCUT2D eigenvalue weighted by molar-refractivity contribution is 5.80. The number of rotatable bonds is 4. The van der Waals surface area contributed by atoms with Crippen molar-refractivity contribution >= 4 is 6.21 Å². The molecule has 1 aromatic carbocycles. The highest BCUT2D eigenvalue weighted by atomic mass is 19.1. The quantitative estimate of drug-likeness (QED) is 0.520. The van der Waals surface area contributed by atoms with Gasteiger partial charge in [-0.25, -0.2) is 4.39 Å². The van der Waals surface area contributed by atoms with Gasteiger partial charge in [0.25, 0.3) is 0 Å². The van der Waals surface area contributed by atoms with Gasteiger partial charge >= 0.3 is 0 Å². The molecule has 0 heterocycles. The van der Waals surface area contributed by atoms with Gasteiger partial charge in [0.1, 0.15) is 5.83 Å². The number of nitrogens with zero attached hydrogens (tertiary/aromatic N) is 1. The lowest BCUT2D eigenvalue weighted by atomic mass is 10.2. The largest absolute Gasteiger partial charge is 0.257 e. The van der Waals surface area contributed by atoms with Crippen LogP contribution in [0.4, 0.5) is 4.39 Å². The first-order valence-electron chi connectivity index (χ1n) is 4.49. The second kappa shape index (κ2) is 5.70. The summed E-state index contributed by atoms with van der Waals surface area (Å²) in [7, 11) is 0. The maximum Gasteiger partial charge on any atom is 0.116 e. The minimum Gasteiger partial charge on any atom is -0.257 e. The van der Waals surface area contributed by atoms with Gasteiger partial charge in [0, 0.05) is 6.21 Å². The van der Waals surface area contributed by atoms with Gasteiger partial charge in [-0.2, -0.15) is 0 Å². The van der Waals surface area contributed by atoms with E-state index in [2.05, 4.69) is 18.2 Å². The number of hydrogen-bond acceptors (Lipinski definition) is 1. The van der Waals surface area contributed by atoms with Crippen LogP contribution in [0.25, 0.3) is 0 Å². The van der Waals surface area contributed by atoms with Gasteiger partial charge in [0.05, 0.1) is 5.70 Å². The molecule has 0 N–H and O–H groups in total. The molecule has 0 saturated heterocycles. The van der Waals surface area contributed by atoms with Crippen molar-refractivity contribution in [1.29, 1.82) is 0 Å². The maximum atomic E-state index is 12.3. The lowest BCUT2D eigenvalue weighted by Gasteiger charge is -1.91. The number of aliphatic imine (C=N–C) groups is 1. The second-order valence-electron chi connectivity index (χ2n) is 2.94. The minimum atomic E-state index is -0.508. The van der Waals surface area contributed by atoms with E-state index in [1.807, 2.05) is 30.3 Å². The van der Waals surface area contributed by atoms with E-state index < -0.39 is 5.83 Å². The van der Waals surface area contributed by atoms with Crippen molar-refractivity contribution in [1.82, 2.24) is 0 Å². The molecule has 0 atom stereocenters. The van der Waals surface area contributed by atoms with Gasteiger partial charge in [-0.1, -0.05) is 43.5 Å². The van der Waals surface area contributed by atoms with Crippen LogP contribution in [0.5, 0.6) is 0 Å². The molecule has 76 valence electrons. The van der Waals surface area contributed by atoms with Gasteiger partial charge < -0.3 is 0 Å². The Hall–Kier alpha value is -1.96. The maximum absolute atomic E-state index is 12.3. The Labute approximate surface area is 89.0 Å². The molecule has 0 spiro atoms. The summed E-state index contributed by atoms with van der Waals surface area (Å²) in [6.45, 7) is 6.75. The Morgan fingerprint density at radius 1 is 1.13 bits per heavy atom. The first-order chi connectivity index (χ1) is 7.18. The van der Waals surface area contributed by atoms with Gasteiger partial charge in [0.15, 0.2) is 0 Å². The van der Waals surface area contributed by atoms with E-state index in [-0.39, 0.29) is 0 Å². The number of hydrogen-bond donors (Lipinski definition) is 0. The van der Waals surface area contributed by atoms with Crippen LogP contribution < -0.4 is 0 Å². The van der Waals surface area contributed by atoms with Crippen LogP contribution >= 0.6 is 0 Å². The van der Waals surface area contributed by atoms with E-state index in [4.69, 9.17) is 0 Å². The van der Waals surface area contributed by atoms with Crippen molar-refractivity contribution in [2.75, 3.05) is 0 Å². The van der Waals surface area contributed by atoms with E-state index in [0.29, 0.717) is 5.70 Å². The van der Waals surface area contributed by atoms with Crippen molar-refractivity contribution in [3.63, 3.8) is 0 Å². The van der Waals surface area contributed by atoms with Crippen LogP contribution in [0.15, 0.2) is 72.2 Å². The zero-order chi connectivity index (χ0) is 11.1. The van der Waals surface area contributed by atoms with Crippen molar-refractivity contribution in [2.45, 2.75) is 0 Å². The summed E-state index contributed by atoms with van der Waals surface area (Å²) in [6.07, 6.45) is 4.38. The Morgan fingerprint density at radius 3 is 2.40 bits per heavy atom. The lowest BCUT2D eigenvalue weighted by Crippen LogP contribution is -1.79. The standard InChI is InChI=1S/C13H12FN/c1-11(14)8-9-12(2)15-10-13-6-4-3-5-7-13/h3-10H,1-2H2/b9-8-,15-10?. The third-order valence-corrected chi connectivity index (χ3v) is 1.64. The van der Waals surface area contributed by atoms with Crippen LogP contribution in [0.2, 0.25) is 0 Å². The van der Waals surface area contributed by atoms with Gasteiger partial charge in [0.2, 0.25) is 0 Å². The number of allylic oxidation sites excluding steroid dienone is 3. The molecule has 0 bridgehead atoms. The molecule has 1 aromatic rings. The summed E-state index contributed by atoms with van der Waals surface area (Å²) in [5, 5.41) is 0. The fourth-order valence-electron chi connectivity index (χ4n) is 0.926. The predicted octanol–water partition coefficient (Wildman–Crippen LogP) is 3.66. The van der Waals surface area contributed by atoms with Crippen LogP contribution in [-0.4, -0.2) is 6.21 Å². The van der Waals surface area contributed by atoms with Gasteiger partial charge in [-0.05, 0) is 17.7 Å². The molecule has 1 rings (SSSR count). The smallest absolute Gasteiger partial charge is 0.116 e. The third-order valence-electron chi connectivity index (χ3n) is 1.64. The van der Waals surface area contributed by atoms with Crippen LogP contribution in [0.3, 0.4) is 0 Å². The molecule has 0 aromatic heterocycles. The molecule has 15 heavy (non-hydrogen) atoms. The molecule has 0 saturated carbocycles. The van der Waals surface area contributed by atoms with Crippen molar-refractivity contribution in [3.05, 3.63) is 72.7 Å². The van der Waals surface area contributed by atoms with Crippen molar-refractivity contribution < 1.29 is 4.39 Å². The summed E-state index contributed by atoms with van der Waals surface area (Å²) < 4.78 is 12.3. The SMILES string of the molecule is C=C(F)/C=C\C(=C)N=Cc1ccccc1. The molecular weight excluding hydrogens is 189 g/mol. The molecule has 0 aliphatic carbocycles. The summed E-state index contributed by atoms with van der Waals surface area (Å²) in [6, 6.07) is 9.62. The highest BCUT2D eigenvalue weighted by Gasteiger charge is 1.85. The van der Waals surface area contributed by atoms with Crippen LogP contribution in [-0.2, 0) is 0 Å². The molecule has 0 radical (unpaired) electrons. The van der Waals surface area contributed by atoms with Crippen molar-refractivity contribution in [3.8, 4) is 0 Å². The average Bonchev–Trinajstić information content (AvgIpc) is 2.25. The Kier molecular flexibility index (Phi) is 4.23. The topological polar surface area (TPSA) is 12.4 Å². The predicted molar refractivity (Wildman–Crippen MR) is 62.6 cm³/mol. The average molecular weight is 201 g/mol. The summed E-state index contributed by atoms with van der Waals surface area (Å²) in [5.41, 5.74) is 1.46. The lowest BCUT2D eigenvalue weighted by molar-refractivity contribution is 0.671. The third kappa shape index (κ3) is 4.72. The summed E-state index contributed by atoms with van der Waals surface area (Å²) in [4.78, 5) is 4.05. The molecule has 0 amide bonds. The first kappa shape index (κ1) is 11.1. The molecule has 0 aliphatic rings. The zero-order valence-electron chi connectivity index (χ0n) is 8.36. The normalized spacial score (nSPS) is 11.0. The summed E-state index contributed by atoms with van der Waals surface area (Å²) >= 11 is 0. The van der Waals surface area contributed by atoms with Crippen molar-refractivity contribution in [2.24, 2.45) is 4.99 Å². The van der Waals surface area contributed by atoms with E-state index in [1.165, 1.54) is 12.2 Å². The minimum absolute atomic E-state index is 0.484. The second-order valence-corrected chi connectivity index (χ2v) is 2.94. The van der Waals surface area contributed by atoms with E-state index in [9.17, 15) is 4.39 Å². The van der Waals surface area contributed by atoms with Gasteiger partial charge in [-0.15, -0.1) is 0 Å². The van der Waals surface area contributed by atoms with E-state index >= 15 is 0 Å². The zero-order valence-corrected chi connectivity index (χ0v) is 8.36. The Bertz CT molecular complexity index is 402. The Morgan fingerprint density at radius 2 is 1.80 bits per heavy atom. The molecular formula is C13H12FN. The molecule has 1 nitrogen and oxygen atoms in total. The Balaban J connectivity index is 2.59. The molecule has 0 fully saturated rings. The highest BCUT2D eigenvalue weighted by Crippen LogP contribution is 2.01. The number of halogens is 1. The molecule has 2 heteroatoms. The molecule has 0 unspecified atom stereocenters. The fourth-order valence-corrected chi connectivity index (χ4v) is 0.926. The fraction of sp³-hybridized carbons (Fsp3) is 0. The van der Waals surface area contributed by atoms with E-state index in [0.717, 1.165) is 5.56 Å². The number of benzene rings is 1. The van der Waals surface area contributed by atoms with Crippen LogP contribution in [0.1, 0.15) is 5.56 Å². The summed E-state index contributed by atoms with van der Waals surface area (Å²) in [5.74, 6) is -0.508. The monoisotopic (exact) mass is 201 g/mol.